The minimum Gasteiger partial charge on any atom is -1.00 e. The molecule has 0 bridgehead atoms. The van der Waals surface area contributed by atoms with Crippen molar-refractivity contribution in [1.82, 2.24) is 10.2 Å². The predicted octanol–water partition coefficient (Wildman–Crippen LogP) is 1.68. The number of nitrogens with one attached hydrogen (secondary N) is 1. The molecule has 2 aliphatic rings. The Labute approximate surface area is 204 Å². The molecule has 0 aromatic heterocycles. The third-order valence-electron chi connectivity index (χ3n) is 6.38. The Morgan fingerprint density at radius 3 is 2.24 bits per heavy atom. The fourth-order valence-electron chi connectivity index (χ4n) is 4.37. The van der Waals surface area contributed by atoms with Crippen LogP contribution in [0.2, 0.25) is 0 Å². The summed E-state index contributed by atoms with van der Waals surface area (Å²) in [5.74, 6) is -1.08. The van der Waals surface area contributed by atoms with E-state index in [0.717, 1.165) is 48.9 Å². The maximum atomic E-state index is 13.2. The molecule has 2 aromatic rings. The van der Waals surface area contributed by atoms with E-state index >= 15 is 0 Å². The fraction of sp³-hybridized carbons (Fsp3) is 0.417. The predicted molar refractivity (Wildman–Crippen MR) is 113 cm³/mol. The van der Waals surface area contributed by atoms with Crippen molar-refractivity contribution in [2.75, 3.05) is 6.54 Å². The van der Waals surface area contributed by atoms with E-state index in [1.165, 1.54) is 12.1 Å². The maximum absolute atomic E-state index is 13.2. The largest absolute Gasteiger partial charge is 1.00 e. The number of nitrogens with zero attached hydrogens (tertiary/aromatic N) is 1. The topological polar surface area (TPSA) is 69.6 Å². The molecule has 1 heterocycles. The van der Waals surface area contributed by atoms with E-state index in [9.17, 15) is 22.8 Å². The molecular formula is C24H26F3LiN2O3. The number of carboxylic acid groups (broad SMARTS) is 1. The van der Waals surface area contributed by atoms with Crippen LogP contribution in [-0.4, -0.2) is 34.5 Å². The van der Waals surface area contributed by atoms with Gasteiger partial charge in [-0.2, -0.15) is 13.2 Å². The second-order valence-electron chi connectivity index (χ2n) is 8.63. The van der Waals surface area contributed by atoms with Gasteiger partial charge < -0.3 is 11.8 Å². The van der Waals surface area contributed by atoms with Gasteiger partial charge in [0.1, 0.15) is 0 Å². The van der Waals surface area contributed by atoms with Crippen molar-refractivity contribution in [2.24, 2.45) is 0 Å². The fourth-order valence-corrected chi connectivity index (χ4v) is 4.37. The summed E-state index contributed by atoms with van der Waals surface area (Å²) in [5, 5.41) is 12.3. The number of carbonyl (C=O) groups is 2. The van der Waals surface area contributed by atoms with Crippen LogP contribution in [0.1, 0.15) is 60.6 Å². The molecule has 2 aromatic carbocycles. The van der Waals surface area contributed by atoms with Gasteiger partial charge in [-0.1, -0.05) is 30.7 Å². The molecule has 0 spiro atoms. The van der Waals surface area contributed by atoms with Gasteiger partial charge in [0, 0.05) is 6.54 Å². The van der Waals surface area contributed by atoms with E-state index in [-0.39, 0.29) is 37.8 Å². The van der Waals surface area contributed by atoms with Crippen LogP contribution in [0.25, 0.3) is 0 Å². The third kappa shape index (κ3) is 5.81. The zero-order valence-electron chi connectivity index (χ0n) is 19.5. The molecule has 1 atom stereocenters. The number of amides is 1. The van der Waals surface area contributed by atoms with E-state index in [4.69, 9.17) is 5.11 Å². The molecule has 9 heteroatoms. The Morgan fingerprint density at radius 2 is 1.70 bits per heavy atom. The first kappa shape index (κ1) is 25.4. The number of halogens is 3. The Hall–Kier alpha value is -2.27. The zero-order chi connectivity index (χ0) is 22.9. The van der Waals surface area contributed by atoms with Crippen LogP contribution in [0.5, 0.6) is 0 Å². The van der Waals surface area contributed by atoms with E-state index in [0.29, 0.717) is 19.5 Å². The Kier molecular flexibility index (Phi) is 7.62. The van der Waals surface area contributed by atoms with E-state index in [1.807, 2.05) is 4.90 Å². The molecule has 2 N–H and O–H groups in total. The number of carbonyl (C=O) groups excluding carboxylic acids is 1. The van der Waals surface area contributed by atoms with E-state index in [2.05, 4.69) is 5.32 Å². The number of alkyl halides is 3. The normalized spacial score (nSPS) is 19.9. The van der Waals surface area contributed by atoms with Crippen LogP contribution in [-0.2, 0) is 23.1 Å². The average Bonchev–Trinajstić information content (AvgIpc) is 3.54. The van der Waals surface area contributed by atoms with Crippen molar-refractivity contribution in [2.45, 2.75) is 56.4 Å². The number of piperidine rings is 1. The van der Waals surface area contributed by atoms with E-state index in [1.54, 1.807) is 24.3 Å². The van der Waals surface area contributed by atoms with Crippen LogP contribution in [0.4, 0.5) is 13.2 Å². The van der Waals surface area contributed by atoms with Crippen LogP contribution in [0.3, 0.4) is 0 Å². The third-order valence-corrected chi connectivity index (χ3v) is 6.38. The molecule has 172 valence electrons. The first-order chi connectivity index (χ1) is 15.2. The van der Waals surface area contributed by atoms with Gasteiger partial charge in [0.15, 0.2) is 0 Å². The molecule has 1 aliphatic carbocycles. The molecule has 1 unspecified atom stereocenters. The summed E-state index contributed by atoms with van der Waals surface area (Å²) in [7, 11) is 0. The van der Waals surface area contributed by atoms with Crippen molar-refractivity contribution < 1.29 is 48.2 Å². The second kappa shape index (κ2) is 9.92. The molecule has 1 saturated carbocycles. The number of benzene rings is 2. The molecule has 0 radical (unpaired) electrons. The number of carboxylic acids is 1. The summed E-state index contributed by atoms with van der Waals surface area (Å²) in [4.78, 5) is 26.3. The van der Waals surface area contributed by atoms with Gasteiger partial charge in [0.25, 0.3) is 0 Å². The molecular weight excluding hydrogens is 428 g/mol. The summed E-state index contributed by atoms with van der Waals surface area (Å²) in [6, 6.07) is 11.3. The first-order valence-electron chi connectivity index (χ1n) is 10.7. The monoisotopic (exact) mass is 454 g/mol. The van der Waals surface area contributed by atoms with Crippen molar-refractivity contribution in [1.29, 1.82) is 0 Å². The zero-order valence-corrected chi connectivity index (χ0v) is 18.5. The van der Waals surface area contributed by atoms with Crippen molar-refractivity contribution >= 4 is 11.9 Å². The van der Waals surface area contributed by atoms with Gasteiger partial charge in [-0.05, 0) is 67.6 Å². The molecule has 1 amide bonds. The van der Waals surface area contributed by atoms with Crippen molar-refractivity contribution in [3.8, 4) is 0 Å². The van der Waals surface area contributed by atoms with Crippen molar-refractivity contribution in [3.05, 3.63) is 70.8 Å². The van der Waals surface area contributed by atoms with Crippen molar-refractivity contribution in [3.63, 3.8) is 0 Å². The SMILES string of the molecule is O=C(O)c1ccc(C2(NC(=O)C3CCCCN3Cc3ccc(C(F)(F)F)cc3)CC2)cc1.[H-].[Li+]. The average molecular weight is 454 g/mol. The number of rotatable bonds is 6. The summed E-state index contributed by atoms with van der Waals surface area (Å²) >= 11 is 0. The summed E-state index contributed by atoms with van der Waals surface area (Å²) in [6.07, 6.45) is -0.241. The summed E-state index contributed by atoms with van der Waals surface area (Å²) in [6.45, 7) is 1.12. The number of aromatic carboxylic acids is 1. The number of likely N-dealkylation sites (tertiary alicyclic amines) is 1. The van der Waals surface area contributed by atoms with Gasteiger partial charge >= 0.3 is 31.0 Å². The molecule has 4 rings (SSSR count). The van der Waals surface area contributed by atoms with E-state index < -0.39 is 23.2 Å². The number of hydrogen-bond donors (Lipinski definition) is 2. The Bertz CT molecular complexity index is 996. The first-order valence-corrected chi connectivity index (χ1v) is 10.7. The van der Waals surface area contributed by atoms with Gasteiger partial charge in [0.2, 0.25) is 5.91 Å². The van der Waals surface area contributed by atoms with Crippen LogP contribution < -0.4 is 24.2 Å². The van der Waals surface area contributed by atoms with Crippen LogP contribution in [0, 0.1) is 0 Å². The second-order valence-corrected chi connectivity index (χ2v) is 8.63. The van der Waals surface area contributed by atoms with Crippen LogP contribution in [0.15, 0.2) is 48.5 Å². The maximum Gasteiger partial charge on any atom is 1.00 e. The minimum absolute atomic E-state index is 0. The molecule has 5 nitrogen and oxygen atoms in total. The molecule has 33 heavy (non-hydrogen) atoms. The minimum atomic E-state index is -4.37. The van der Waals surface area contributed by atoms with Gasteiger partial charge in [-0.15, -0.1) is 0 Å². The van der Waals surface area contributed by atoms with Gasteiger partial charge in [-0.25, -0.2) is 4.79 Å². The van der Waals surface area contributed by atoms with Gasteiger partial charge in [0.05, 0.1) is 22.7 Å². The molecule has 1 aliphatic heterocycles. The van der Waals surface area contributed by atoms with Gasteiger partial charge in [-0.3, -0.25) is 9.69 Å². The molecule has 2 fully saturated rings. The standard InChI is InChI=1S/C24H25F3N2O3.Li.H/c25-24(26,27)19-8-4-16(5-9-19)15-29-14-2-1-3-20(29)21(30)28-23(12-13-23)18-10-6-17(7-11-18)22(31)32;;/h4-11,20H,1-3,12-15H2,(H,28,30)(H,31,32);;/q;+1;-1. The molecule has 1 saturated heterocycles. The number of hydrogen-bond acceptors (Lipinski definition) is 3. The smallest absolute Gasteiger partial charge is 1.00 e. The summed E-state index contributed by atoms with van der Waals surface area (Å²) < 4.78 is 38.5. The Morgan fingerprint density at radius 1 is 1.06 bits per heavy atom. The quantitative estimate of drug-likeness (QED) is 0.652. The summed E-state index contributed by atoms with van der Waals surface area (Å²) in [5.41, 5.74) is 0.680. The Balaban J connectivity index is 0.00000204. The van der Waals surface area contributed by atoms with Crippen LogP contribution >= 0.6 is 0 Å².